The lowest BCUT2D eigenvalue weighted by Gasteiger charge is -2.18. The number of hydrogen-bond donors (Lipinski definition) is 0. The van der Waals surface area contributed by atoms with Crippen LogP contribution in [-0.4, -0.2) is 37.9 Å². The molecule has 0 spiro atoms. The monoisotopic (exact) mass is 981 g/mol. The molecule has 0 aromatic carbocycles. The van der Waals surface area contributed by atoms with E-state index in [1.165, 1.54) is 250 Å². The van der Waals surface area contributed by atoms with E-state index in [9.17, 15) is 9.59 Å². The lowest BCUT2D eigenvalue weighted by atomic mass is 10.0. The Kier molecular flexibility index (Phi) is 59.3. The Labute approximate surface area is 437 Å². The molecular formula is C65H120O5. The molecule has 0 radical (unpaired) electrons. The third kappa shape index (κ3) is 58.4. The summed E-state index contributed by atoms with van der Waals surface area (Å²) in [5.74, 6) is -0.387. The maximum absolute atomic E-state index is 12.9. The average molecular weight is 982 g/mol. The Hall–Kier alpha value is -2.14. The van der Waals surface area contributed by atoms with Crippen molar-refractivity contribution in [1.82, 2.24) is 0 Å². The van der Waals surface area contributed by atoms with Crippen LogP contribution < -0.4 is 0 Å². The van der Waals surface area contributed by atoms with Gasteiger partial charge in [-0.2, -0.15) is 0 Å². The smallest absolute Gasteiger partial charge is 0.306 e. The summed E-state index contributed by atoms with van der Waals surface area (Å²) in [5.41, 5.74) is 0. The Bertz CT molecular complexity index is 1150. The van der Waals surface area contributed by atoms with Gasteiger partial charge in [-0.1, -0.05) is 281 Å². The molecule has 0 bridgehead atoms. The van der Waals surface area contributed by atoms with Gasteiger partial charge in [-0.05, 0) is 83.5 Å². The first-order chi connectivity index (χ1) is 34.6. The maximum atomic E-state index is 12.9. The SMILES string of the molecule is CCCCC/C=C\C/C=C\CCCCCCCCCCCC(=O)OC[C@@H](COCCCCCCCCCCCCCCCCCC)OC(=O)CCCCCCCCCCC/C=C\C/C=C\CCCCC. The normalized spacial score (nSPS) is 12.4. The van der Waals surface area contributed by atoms with Gasteiger partial charge in [0, 0.05) is 19.4 Å². The summed E-state index contributed by atoms with van der Waals surface area (Å²) in [6, 6.07) is 0. The molecule has 0 aliphatic heterocycles. The molecule has 0 saturated heterocycles. The number of ether oxygens (including phenoxy) is 3. The second-order valence-corrected chi connectivity index (χ2v) is 21.0. The minimum absolute atomic E-state index is 0.0856. The van der Waals surface area contributed by atoms with Crippen molar-refractivity contribution in [1.29, 1.82) is 0 Å². The molecule has 0 rings (SSSR count). The van der Waals surface area contributed by atoms with Crippen molar-refractivity contribution in [3.8, 4) is 0 Å². The van der Waals surface area contributed by atoms with E-state index < -0.39 is 6.10 Å². The van der Waals surface area contributed by atoms with E-state index in [2.05, 4.69) is 69.4 Å². The molecule has 0 saturated carbocycles. The molecule has 5 nitrogen and oxygen atoms in total. The summed E-state index contributed by atoms with van der Waals surface area (Å²) in [6.07, 6.45) is 77.1. The number of unbranched alkanes of at least 4 members (excludes halogenated alkanes) is 39. The van der Waals surface area contributed by atoms with E-state index in [0.717, 1.165) is 44.9 Å². The van der Waals surface area contributed by atoms with E-state index in [0.29, 0.717) is 19.4 Å². The van der Waals surface area contributed by atoms with Gasteiger partial charge < -0.3 is 14.2 Å². The molecule has 0 fully saturated rings. The van der Waals surface area contributed by atoms with Crippen LogP contribution in [0.5, 0.6) is 0 Å². The van der Waals surface area contributed by atoms with Crippen molar-refractivity contribution in [2.24, 2.45) is 0 Å². The van der Waals surface area contributed by atoms with Crippen LogP contribution in [0.3, 0.4) is 0 Å². The number of hydrogen-bond acceptors (Lipinski definition) is 5. The van der Waals surface area contributed by atoms with Crippen molar-refractivity contribution in [3.05, 3.63) is 48.6 Å². The van der Waals surface area contributed by atoms with E-state index >= 15 is 0 Å². The largest absolute Gasteiger partial charge is 0.462 e. The molecule has 0 aliphatic carbocycles. The summed E-state index contributed by atoms with van der Waals surface area (Å²) in [6.45, 7) is 7.84. The second-order valence-electron chi connectivity index (χ2n) is 21.0. The molecule has 1 atom stereocenters. The summed E-state index contributed by atoms with van der Waals surface area (Å²) in [4.78, 5) is 25.6. The average Bonchev–Trinajstić information content (AvgIpc) is 3.36. The first-order valence-corrected chi connectivity index (χ1v) is 31.2. The molecule has 0 heterocycles. The zero-order valence-corrected chi connectivity index (χ0v) is 47.3. The first-order valence-electron chi connectivity index (χ1n) is 31.2. The van der Waals surface area contributed by atoms with Gasteiger partial charge in [0.1, 0.15) is 6.61 Å². The van der Waals surface area contributed by atoms with Crippen molar-refractivity contribution in [3.63, 3.8) is 0 Å². The van der Waals surface area contributed by atoms with E-state index in [-0.39, 0.29) is 25.2 Å². The quantitative estimate of drug-likeness (QED) is 0.0345. The van der Waals surface area contributed by atoms with Crippen LogP contribution in [0.1, 0.15) is 329 Å². The van der Waals surface area contributed by atoms with Gasteiger partial charge in [0.05, 0.1) is 6.61 Å². The Balaban J connectivity index is 4.25. The first kappa shape index (κ1) is 67.9. The topological polar surface area (TPSA) is 61.8 Å². The summed E-state index contributed by atoms with van der Waals surface area (Å²) < 4.78 is 17.5. The van der Waals surface area contributed by atoms with Gasteiger partial charge in [-0.3, -0.25) is 9.59 Å². The molecule has 0 unspecified atom stereocenters. The van der Waals surface area contributed by atoms with Crippen LogP contribution in [0.2, 0.25) is 0 Å². The van der Waals surface area contributed by atoms with Crippen LogP contribution in [-0.2, 0) is 23.8 Å². The molecule has 0 aromatic rings. The third-order valence-corrected chi connectivity index (χ3v) is 13.8. The third-order valence-electron chi connectivity index (χ3n) is 13.8. The van der Waals surface area contributed by atoms with Gasteiger partial charge in [-0.25, -0.2) is 0 Å². The summed E-state index contributed by atoms with van der Waals surface area (Å²) in [5, 5.41) is 0. The van der Waals surface area contributed by atoms with Gasteiger partial charge in [-0.15, -0.1) is 0 Å². The predicted molar refractivity (Wildman–Crippen MR) is 307 cm³/mol. The Morgan fingerprint density at radius 3 is 0.971 bits per heavy atom. The number of allylic oxidation sites excluding steroid dienone is 8. The van der Waals surface area contributed by atoms with Crippen LogP contribution >= 0.6 is 0 Å². The predicted octanol–water partition coefficient (Wildman–Crippen LogP) is 21.5. The number of esters is 2. The lowest BCUT2D eigenvalue weighted by molar-refractivity contribution is -0.163. The highest BCUT2D eigenvalue weighted by molar-refractivity contribution is 5.70. The molecule has 410 valence electrons. The van der Waals surface area contributed by atoms with E-state index in [4.69, 9.17) is 14.2 Å². The molecule has 0 N–H and O–H groups in total. The van der Waals surface area contributed by atoms with Crippen molar-refractivity contribution in [2.45, 2.75) is 335 Å². The minimum atomic E-state index is -0.538. The van der Waals surface area contributed by atoms with Crippen LogP contribution in [0.4, 0.5) is 0 Å². The van der Waals surface area contributed by atoms with Crippen LogP contribution in [0.25, 0.3) is 0 Å². The zero-order valence-electron chi connectivity index (χ0n) is 47.3. The van der Waals surface area contributed by atoms with Gasteiger partial charge in [0.15, 0.2) is 6.10 Å². The van der Waals surface area contributed by atoms with E-state index in [1.54, 1.807) is 0 Å². The molecule has 70 heavy (non-hydrogen) atoms. The van der Waals surface area contributed by atoms with Crippen molar-refractivity contribution >= 4 is 11.9 Å². The minimum Gasteiger partial charge on any atom is -0.462 e. The lowest BCUT2D eigenvalue weighted by Crippen LogP contribution is -2.30. The molecule has 5 heteroatoms. The number of carbonyl (C=O) groups excluding carboxylic acids is 2. The van der Waals surface area contributed by atoms with E-state index in [1.807, 2.05) is 0 Å². The Morgan fingerprint density at radius 1 is 0.314 bits per heavy atom. The van der Waals surface area contributed by atoms with Gasteiger partial charge >= 0.3 is 11.9 Å². The molecule has 0 amide bonds. The van der Waals surface area contributed by atoms with Gasteiger partial charge in [0.2, 0.25) is 0 Å². The van der Waals surface area contributed by atoms with Gasteiger partial charge in [0.25, 0.3) is 0 Å². The Morgan fingerprint density at radius 2 is 0.600 bits per heavy atom. The second kappa shape index (κ2) is 61.2. The fourth-order valence-corrected chi connectivity index (χ4v) is 9.16. The zero-order chi connectivity index (χ0) is 50.6. The fourth-order valence-electron chi connectivity index (χ4n) is 9.16. The van der Waals surface area contributed by atoms with Crippen molar-refractivity contribution < 1.29 is 23.8 Å². The highest BCUT2D eigenvalue weighted by Crippen LogP contribution is 2.17. The summed E-state index contributed by atoms with van der Waals surface area (Å²) in [7, 11) is 0. The number of carbonyl (C=O) groups is 2. The van der Waals surface area contributed by atoms with Crippen molar-refractivity contribution in [2.75, 3.05) is 19.8 Å². The molecule has 0 aromatic heterocycles. The fraction of sp³-hybridized carbons (Fsp3) is 0.846. The van der Waals surface area contributed by atoms with Crippen LogP contribution in [0, 0.1) is 0 Å². The highest BCUT2D eigenvalue weighted by atomic mass is 16.6. The van der Waals surface area contributed by atoms with Crippen LogP contribution in [0.15, 0.2) is 48.6 Å². The highest BCUT2D eigenvalue weighted by Gasteiger charge is 2.18. The maximum Gasteiger partial charge on any atom is 0.306 e. The standard InChI is InChI=1S/C65H120O5/c1-4-7-10-13-16-19-22-25-28-31-33-35-37-40-43-46-49-52-55-58-64(66)69-62-63(61-68-60-57-54-51-48-45-42-39-30-27-24-21-18-15-12-9-6-3)70-65(67)59-56-53-50-47-44-41-38-36-34-32-29-26-23-20-17-14-11-8-5-2/h16-17,19-20,25-26,28-29,63H,4-15,18,21-24,27,30-62H2,1-3H3/b19-16-,20-17-,28-25-,29-26-/t63-/m1/s1. The molecular weight excluding hydrogens is 861 g/mol. The number of rotatable bonds is 58. The molecule has 0 aliphatic rings. The summed E-state index contributed by atoms with van der Waals surface area (Å²) >= 11 is 0.